The summed E-state index contributed by atoms with van der Waals surface area (Å²) < 4.78 is 0. The van der Waals surface area contributed by atoms with E-state index in [2.05, 4.69) is 33.1 Å². The maximum absolute atomic E-state index is 6.23. The van der Waals surface area contributed by atoms with Crippen molar-refractivity contribution in [2.75, 3.05) is 17.2 Å². The van der Waals surface area contributed by atoms with Crippen molar-refractivity contribution in [1.29, 1.82) is 0 Å². The van der Waals surface area contributed by atoms with Crippen molar-refractivity contribution in [3.8, 4) is 0 Å². The fourth-order valence-electron chi connectivity index (χ4n) is 2.83. The number of nitrogens with one attached hydrogen (secondary N) is 2. The van der Waals surface area contributed by atoms with Crippen LogP contribution in [0.5, 0.6) is 0 Å². The van der Waals surface area contributed by atoms with Crippen LogP contribution in [0.15, 0.2) is 60.0 Å². The molecular weight excluding hydrogens is 376 g/mol. The standard InChI is InChI=1S/C21H19ClN4S/c1-14-8-9-15(13-18(14)22)24-21-25-19-7-3-2-6-17(19)20(26-21)23-11-10-16-5-4-12-27-16/h2-9,12-13H,10-11H2,1H3,(H2,23,24,25,26). The van der Waals surface area contributed by atoms with Crippen LogP contribution < -0.4 is 10.6 Å². The molecule has 136 valence electrons. The van der Waals surface area contributed by atoms with Gasteiger partial charge in [0, 0.05) is 27.5 Å². The summed E-state index contributed by atoms with van der Waals surface area (Å²) in [5.41, 5.74) is 2.80. The van der Waals surface area contributed by atoms with Gasteiger partial charge in [0.15, 0.2) is 0 Å². The molecule has 0 atom stereocenters. The normalized spacial score (nSPS) is 10.9. The molecule has 0 aliphatic heterocycles. The first kappa shape index (κ1) is 17.8. The first-order valence-corrected chi connectivity index (χ1v) is 10.0. The highest BCUT2D eigenvalue weighted by Gasteiger charge is 2.08. The Morgan fingerprint density at radius 3 is 2.74 bits per heavy atom. The minimum absolute atomic E-state index is 0.548. The predicted molar refractivity (Wildman–Crippen MR) is 116 cm³/mol. The van der Waals surface area contributed by atoms with E-state index >= 15 is 0 Å². The molecule has 0 aliphatic carbocycles. The van der Waals surface area contributed by atoms with Gasteiger partial charge in [0.05, 0.1) is 5.52 Å². The Kier molecular flexibility index (Phi) is 5.23. The molecule has 0 saturated heterocycles. The van der Waals surface area contributed by atoms with Crippen LogP contribution in [0.1, 0.15) is 10.4 Å². The topological polar surface area (TPSA) is 49.8 Å². The van der Waals surface area contributed by atoms with Crippen LogP contribution in [-0.4, -0.2) is 16.5 Å². The second kappa shape index (κ2) is 7.94. The number of anilines is 3. The minimum atomic E-state index is 0.548. The summed E-state index contributed by atoms with van der Waals surface area (Å²) in [6, 6.07) is 18.1. The third-order valence-corrected chi connectivity index (χ3v) is 5.62. The highest BCUT2D eigenvalue weighted by atomic mass is 35.5. The van der Waals surface area contributed by atoms with Crippen LogP contribution in [0.2, 0.25) is 5.02 Å². The molecule has 4 aromatic rings. The van der Waals surface area contributed by atoms with E-state index in [1.807, 2.05) is 49.4 Å². The number of rotatable bonds is 6. The van der Waals surface area contributed by atoms with Crippen molar-refractivity contribution in [3.63, 3.8) is 0 Å². The molecule has 0 saturated carbocycles. The van der Waals surface area contributed by atoms with Gasteiger partial charge < -0.3 is 10.6 Å². The zero-order valence-corrected chi connectivity index (χ0v) is 16.4. The Morgan fingerprint density at radius 1 is 1.04 bits per heavy atom. The molecule has 27 heavy (non-hydrogen) atoms. The number of hydrogen-bond donors (Lipinski definition) is 2. The number of fused-ring (bicyclic) bond motifs is 1. The quantitative estimate of drug-likeness (QED) is 0.418. The lowest BCUT2D eigenvalue weighted by Crippen LogP contribution is -2.08. The molecule has 0 unspecified atom stereocenters. The Hall–Kier alpha value is -2.63. The van der Waals surface area contributed by atoms with Gasteiger partial charge in [-0.25, -0.2) is 4.98 Å². The summed E-state index contributed by atoms with van der Waals surface area (Å²) in [6.07, 6.45) is 0.965. The Morgan fingerprint density at radius 2 is 1.93 bits per heavy atom. The van der Waals surface area contributed by atoms with Gasteiger partial charge in [-0.3, -0.25) is 0 Å². The molecule has 2 aromatic carbocycles. The number of benzene rings is 2. The monoisotopic (exact) mass is 394 g/mol. The van der Waals surface area contributed by atoms with Gasteiger partial charge in [-0.15, -0.1) is 11.3 Å². The summed E-state index contributed by atoms with van der Waals surface area (Å²) in [5, 5.41) is 10.6. The van der Waals surface area contributed by atoms with Gasteiger partial charge in [-0.05, 0) is 54.6 Å². The van der Waals surface area contributed by atoms with E-state index in [9.17, 15) is 0 Å². The zero-order chi connectivity index (χ0) is 18.6. The number of thiophene rings is 1. The minimum Gasteiger partial charge on any atom is -0.369 e. The van der Waals surface area contributed by atoms with Crippen LogP contribution in [0.25, 0.3) is 10.9 Å². The van der Waals surface area contributed by atoms with Crippen molar-refractivity contribution >= 4 is 51.3 Å². The number of aromatic nitrogens is 2. The van der Waals surface area contributed by atoms with Gasteiger partial charge in [-0.1, -0.05) is 35.9 Å². The van der Waals surface area contributed by atoms with E-state index in [4.69, 9.17) is 16.6 Å². The zero-order valence-electron chi connectivity index (χ0n) is 14.9. The lowest BCUT2D eigenvalue weighted by atomic mass is 10.2. The van der Waals surface area contributed by atoms with E-state index in [0.717, 1.165) is 46.0 Å². The first-order valence-electron chi connectivity index (χ1n) is 8.75. The SMILES string of the molecule is Cc1ccc(Nc2nc(NCCc3cccs3)c3ccccc3n2)cc1Cl. The average Bonchev–Trinajstić information content (AvgIpc) is 3.18. The van der Waals surface area contributed by atoms with E-state index in [1.54, 1.807) is 11.3 Å². The third kappa shape index (κ3) is 4.21. The third-order valence-electron chi connectivity index (χ3n) is 4.28. The predicted octanol–water partition coefficient (Wildman–Crippen LogP) is 6.05. The van der Waals surface area contributed by atoms with Crippen LogP contribution >= 0.6 is 22.9 Å². The average molecular weight is 395 g/mol. The van der Waals surface area contributed by atoms with Crippen LogP contribution in [0.4, 0.5) is 17.5 Å². The number of nitrogens with zero attached hydrogens (tertiary/aromatic N) is 2. The van der Waals surface area contributed by atoms with E-state index in [0.29, 0.717) is 5.95 Å². The Balaban J connectivity index is 1.60. The van der Waals surface area contributed by atoms with Gasteiger partial charge in [-0.2, -0.15) is 4.98 Å². The van der Waals surface area contributed by atoms with Crippen molar-refractivity contribution in [2.24, 2.45) is 0 Å². The molecule has 0 radical (unpaired) electrons. The molecule has 0 fully saturated rings. The highest BCUT2D eigenvalue weighted by molar-refractivity contribution is 7.09. The van der Waals surface area contributed by atoms with Gasteiger partial charge in [0.2, 0.25) is 5.95 Å². The molecule has 0 aliphatic rings. The summed E-state index contributed by atoms with van der Waals surface area (Å²) in [6.45, 7) is 2.80. The van der Waals surface area contributed by atoms with Crippen molar-refractivity contribution in [1.82, 2.24) is 9.97 Å². The molecule has 0 spiro atoms. The van der Waals surface area contributed by atoms with Gasteiger partial charge in [0.25, 0.3) is 0 Å². The van der Waals surface area contributed by atoms with Crippen molar-refractivity contribution in [3.05, 3.63) is 75.4 Å². The molecule has 4 nitrogen and oxygen atoms in total. The largest absolute Gasteiger partial charge is 0.369 e. The fraction of sp³-hybridized carbons (Fsp3) is 0.143. The second-order valence-electron chi connectivity index (χ2n) is 6.26. The first-order chi connectivity index (χ1) is 13.2. The second-order valence-corrected chi connectivity index (χ2v) is 7.70. The van der Waals surface area contributed by atoms with Crippen molar-refractivity contribution in [2.45, 2.75) is 13.3 Å². The van der Waals surface area contributed by atoms with Crippen LogP contribution in [0.3, 0.4) is 0 Å². The van der Waals surface area contributed by atoms with Crippen LogP contribution in [-0.2, 0) is 6.42 Å². The molecular formula is C21H19ClN4S. The smallest absolute Gasteiger partial charge is 0.229 e. The highest BCUT2D eigenvalue weighted by Crippen LogP contribution is 2.26. The lowest BCUT2D eigenvalue weighted by Gasteiger charge is -2.12. The van der Waals surface area contributed by atoms with E-state index in [-0.39, 0.29) is 0 Å². The molecule has 0 bridgehead atoms. The maximum Gasteiger partial charge on any atom is 0.229 e. The van der Waals surface area contributed by atoms with Crippen molar-refractivity contribution < 1.29 is 0 Å². The molecule has 4 rings (SSSR count). The number of para-hydroxylation sites is 1. The summed E-state index contributed by atoms with van der Waals surface area (Å²) in [4.78, 5) is 10.7. The van der Waals surface area contributed by atoms with E-state index < -0.39 is 0 Å². The summed E-state index contributed by atoms with van der Waals surface area (Å²) >= 11 is 8.00. The molecule has 6 heteroatoms. The van der Waals surface area contributed by atoms with Gasteiger partial charge in [0.1, 0.15) is 5.82 Å². The van der Waals surface area contributed by atoms with Gasteiger partial charge >= 0.3 is 0 Å². The molecule has 0 amide bonds. The number of halogens is 1. The Bertz CT molecular complexity index is 1060. The molecule has 2 heterocycles. The Labute approximate surface area is 167 Å². The summed E-state index contributed by atoms with van der Waals surface area (Å²) in [7, 11) is 0. The maximum atomic E-state index is 6.23. The fourth-order valence-corrected chi connectivity index (χ4v) is 3.72. The van der Waals surface area contributed by atoms with Crippen LogP contribution in [0, 0.1) is 6.92 Å². The number of hydrogen-bond acceptors (Lipinski definition) is 5. The van der Waals surface area contributed by atoms with E-state index in [1.165, 1.54) is 4.88 Å². The lowest BCUT2D eigenvalue weighted by molar-refractivity contribution is 1.03. The molecule has 2 N–H and O–H groups in total. The molecule has 2 aromatic heterocycles. The number of aryl methyl sites for hydroxylation is 1. The summed E-state index contributed by atoms with van der Waals surface area (Å²) in [5.74, 6) is 1.38.